The highest BCUT2D eigenvalue weighted by Gasteiger charge is 2.47. The van der Waals surface area contributed by atoms with E-state index in [1.165, 1.54) is 6.33 Å². The number of hydrogen-bond acceptors (Lipinski definition) is 9. The fourth-order valence-corrected chi connectivity index (χ4v) is 5.36. The molecule has 0 aliphatic carbocycles. The highest BCUT2D eigenvalue weighted by molar-refractivity contribution is 5.75. The maximum atomic E-state index is 12.2. The Balaban J connectivity index is 1.43. The van der Waals surface area contributed by atoms with Crippen molar-refractivity contribution in [2.45, 2.75) is 57.5 Å². The van der Waals surface area contributed by atoms with Gasteiger partial charge in [0.15, 0.2) is 6.73 Å². The predicted molar refractivity (Wildman–Crippen MR) is 166 cm³/mol. The molecule has 3 aromatic carbocycles. The van der Waals surface area contributed by atoms with Crippen molar-refractivity contribution in [1.29, 1.82) is 0 Å². The van der Waals surface area contributed by atoms with Crippen LogP contribution in [-0.4, -0.2) is 64.9 Å². The van der Waals surface area contributed by atoms with Crippen molar-refractivity contribution >= 4 is 5.97 Å². The second kappa shape index (κ2) is 13.4. The number of esters is 1. The number of rotatable bonds is 11. The largest absolute Gasteiger partial charge is 0.497 e. The Bertz CT molecular complexity index is 1500. The number of ether oxygens (including phenoxy) is 5. The van der Waals surface area contributed by atoms with Crippen LogP contribution < -0.4 is 9.47 Å². The molecule has 5 rings (SSSR count). The summed E-state index contributed by atoms with van der Waals surface area (Å²) in [5.74, 6) is 1.05. The molecule has 10 nitrogen and oxygen atoms in total. The fourth-order valence-electron chi connectivity index (χ4n) is 5.36. The molecule has 4 atom stereocenters. The lowest BCUT2D eigenvalue weighted by Gasteiger charge is -2.37. The third kappa shape index (κ3) is 6.74. The van der Waals surface area contributed by atoms with Gasteiger partial charge in [0.2, 0.25) is 0 Å². The molecule has 0 amide bonds. The summed E-state index contributed by atoms with van der Waals surface area (Å²) in [6.07, 6.45) is -1.19. The fraction of sp³-hybridized carbons (Fsp3) is 0.371. The number of methoxy groups -OCH3 is 2. The summed E-state index contributed by atoms with van der Waals surface area (Å²) in [4.78, 5) is 16.5. The molecule has 1 aromatic heterocycles. The maximum Gasteiger partial charge on any atom is 0.312 e. The standard InChI is InChI=1S/C35H40N2O8/c1-34(2,3)33(40)43-22-37-19-28(36-21-37)32-31(39)30(38)29(45-32)20-44-35(23-9-7-6-8-10-23,24-11-15-26(41-4)16-12-24)25-13-17-27(42-5)18-14-25/h6-19,21,29-32,38-39H,20,22H2,1-5H3/t29-,30-,31-,32+/m1/s1. The van der Waals surface area contributed by atoms with Crippen LogP contribution >= 0.6 is 0 Å². The molecular formula is C35H40N2O8. The van der Waals surface area contributed by atoms with Crippen LogP contribution in [0, 0.1) is 5.41 Å². The minimum Gasteiger partial charge on any atom is -0.497 e. The topological polar surface area (TPSA) is 122 Å². The molecule has 0 radical (unpaired) electrons. The monoisotopic (exact) mass is 616 g/mol. The average molecular weight is 617 g/mol. The number of aromatic nitrogens is 2. The normalized spacial score (nSPS) is 20.2. The average Bonchev–Trinajstić information content (AvgIpc) is 3.64. The summed E-state index contributed by atoms with van der Waals surface area (Å²) in [5.41, 5.74) is 1.15. The van der Waals surface area contributed by atoms with E-state index in [2.05, 4.69) is 4.98 Å². The van der Waals surface area contributed by atoms with Gasteiger partial charge >= 0.3 is 5.97 Å². The SMILES string of the molecule is COc1ccc(C(OC[C@H]2O[C@@H](c3cn(COC(=O)C(C)(C)C)cn3)[C@H](O)[C@@H]2O)(c2ccccc2)c2ccc(OC)cc2)cc1. The number of hydrogen-bond donors (Lipinski definition) is 2. The summed E-state index contributed by atoms with van der Waals surface area (Å²) < 4.78 is 30.8. The first-order chi connectivity index (χ1) is 21.6. The van der Waals surface area contributed by atoms with Gasteiger partial charge in [-0.05, 0) is 61.7 Å². The lowest BCUT2D eigenvalue weighted by atomic mass is 9.80. The summed E-state index contributed by atoms with van der Waals surface area (Å²) in [5, 5.41) is 22.1. The Morgan fingerprint density at radius 2 is 1.40 bits per heavy atom. The lowest BCUT2D eigenvalue weighted by Crippen LogP contribution is -2.39. The summed E-state index contributed by atoms with van der Waals surface area (Å²) in [7, 11) is 3.23. The Kier molecular flexibility index (Phi) is 9.59. The van der Waals surface area contributed by atoms with Crippen molar-refractivity contribution in [3.8, 4) is 11.5 Å². The summed E-state index contributed by atoms with van der Waals surface area (Å²) >= 11 is 0. The van der Waals surface area contributed by atoms with Gasteiger partial charge in [0, 0.05) is 6.20 Å². The zero-order valence-electron chi connectivity index (χ0n) is 26.1. The van der Waals surface area contributed by atoms with E-state index in [9.17, 15) is 15.0 Å². The molecule has 0 bridgehead atoms. The van der Waals surface area contributed by atoms with E-state index in [1.807, 2.05) is 78.9 Å². The molecule has 10 heteroatoms. The molecule has 0 unspecified atom stereocenters. The van der Waals surface area contributed by atoms with Crippen LogP contribution in [0.4, 0.5) is 0 Å². The first-order valence-electron chi connectivity index (χ1n) is 14.8. The van der Waals surface area contributed by atoms with E-state index in [1.54, 1.807) is 45.8 Å². The van der Waals surface area contributed by atoms with E-state index >= 15 is 0 Å². The molecule has 238 valence electrons. The van der Waals surface area contributed by atoms with Gasteiger partial charge in [-0.1, -0.05) is 54.6 Å². The van der Waals surface area contributed by atoms with Crippen molar-refractivity contribution in [2.24, 2.45) is 5.41 Å². The van der Waals surface area contributed by atoms with Crippen molar-refractivity contribution < 1.29 is 38.7 Å². The number of imidazole rings is 1. The number of carbonyl (C=O) groups is 1. The second-order valence-corrected chi connectivity index (χ2v) is 12.0. The lowest BCUT2D eigenvalue weighted by molar-refractivity contribution is -0.156. The van der Waals surface area contributed by atoms with Gasteiger partial charge in [-0.15, -0.1) is 0 Å². The van der Waals surface area contributed by atoms with Crippen LogP contribution in [0.3, 0.4) is 0 Å². The first-order valence-corrected chi connectivity index (χ1v) is 14.8. The van der Waals surface area contributed by atoms with E-state index < -0.39 is 35.4 Å². The quantitative estimate of drug-likeness (QED) is 0.184. The second-order valence-electron chi connectivity index (χ2n) is 12.0. The van der Waals surface area contributed by atoms with Crippen molar-refractivity contribution in [3.63, 3.8) is 0 Å². The number of carbonyl (C=O) groups excluding carboxylic acids is 1. The van der Waals surface area contributed by atoms with Crippen LogP contribution in [0.1, 0.15) is 49.3 Å². The number of nitrogens with zero attached hydrogens (tertiary/aromatic N) is 2. The van der Waals surface area contributed by atoms with Crippen molar-refractivity contribution in [2.75, 3.05) is 20.8 Å². The predicted octanol–water partition coefficient (Wildman–Crippen LogP) is 4.62. The molecule has 1 fully saturated rings. The number of aliphatic hydroxyl groups excluding tert-OH is 2. The van der Waals surface area contributed by atoms with E-state index in [0.29, 0.717) is 17.2 Å². The van der Waals surface area contributed by atoms with Crippen LogP contribution in [-0.2, 0) is 31.3 Å². The molecule has 45 heavy (non-hydrogen) atoms. The molecule has 2 N–H and O–H groups in total. The molecule has 1 aliphatic rings. The smallest absolute Gasteiger partial charge is 0.312 e. The van der Waals surface area contributed by atoms with Gasteiger partial charge in [0.1, 0.15) is 41.5 Å². The number of benzene rings is 3. The zero-order chi connectivity index (χ0) is 32.2. The van der Waals surface area contributed by atoms with E-state index in [-0.39, 0.29) is 19.3 Å². The third-order valence-corrected chi connectivity index (χ3v) is 7.90. The number of aliphatic hydroxyl groups is 2. The van der Waals surface area contributed by atoms with Gasteiger partial charge in [0.05, 0.1) is 38.3 Å². The van der Waals surface area contributed by atoms with Gasteiger partial charge < -0.3 is 38.5 Å². The molecular weight excluding hydrogens is 576 g/mol. The maximum absolute atomic E-state index is 12.2. The van der Waals surface area contributed by atoms with Gasteiger partial charge in [-0.25, -0.2) is 4.98 Å². The Morgan fingerprint density at radius 3 is 1.93 bits per heavy atom. The van der Waals surface area contributed by atoms with Gasteiger partial charge in [-0.2, -0.15) is 0 Å². The molecule has 2 heterocycles. The minimum absolute atomic E-state index is 0.0374. The minimum atomic E-state index is -1.26. The Morgan fingerprint density at radius 1 is 0.844 bits per heavy atom. The van der Waals surface area contributed by atoms with Crippen LogP contribution in [0.15, 0.2) is 91.4 Å². The highest BCUT2D eigenvalue weighted by Crippen LogP contribution is 2.43. The van der Waals surface area contributed by atoms with E-state index in [4.69, 9.17) is 23.7 Å². The van der Waals surface area contributed by atoms with Gasteiger partial charge in [-0.3, -0.25) is 4.79 Å². The Labute approximate surface area is 263 Å². The molecule has 1 saturated heterocycles. The third-order valence-electron chi connectivity index (χ3n) is 7.90. The molecule has 0 spiro atoms. The van der Waals surface area contributed by atoms with Gasteiger partial charge in [0.25, 0.3) is 0 Å². The first kappa shape index (κ1) is 32.2. The zero-order valence-corrected chi connectivity index (χ0v) is 26.1. The van der Waals surface area contributed by atoms with E-state index in [0.717, 1.165) is 16.7 Å². The van der Waals surface area contributed by atoms with Crippen molar-refractivity contribution in [3.05, 3.63) is 114 Å². The van der Waals surface area contributed by atoms with Crippen LogP contribution in [0.25, 0.3) is 0 Å². The van der Waals surface area contributed by atoms with Crippen LogP contribution in [0.5, 0.6) is 11.5 Å². The Hall–Kier alpha value is -4.22. The highest BCUT2D eigenvalue weighted by atomic mass is 16.6. The molecule has 4 aromatic rings. The van der Waals surface area contributed by atoms with Crippen molar-refractivity contribution in [1.82, 2.24) is 9.55 Å². The molecule has 1 aliphatic heterocycles. The molecule has 0 saturated carbocycles. The summed E-state index contributed by atoms with van der Waals surface area (Å²) in [6, 6.07) is 25.0. The van der Waals surface area contributed by atoms with Crippen LogP contribution in [0.2, 0.25) is 0 Å². The summed E-state index contributed by atoms with van der Waals surface area (Å²) in [6.45, 7) is 5.22.